The Balaban J connectivity index is 1.97. The predicted molar refractivity (Wildman–Crippen MR) is 86.8 cm³/mol. The molecule has 0 heterocycles. The lowest BCUT2D eigenvalue weighted by molar-refractivity contribution is 0.264. The van der Waals surface area contributed by atoms with E-state index in [1.54, 1.807) is 0 Å². The van der Waals surface area contributed by atoms with Crippen LogP contribution in [0.25, 0.3) is 0 Å². The summed E-state index contributed by atoms with van der Waals surface area (Å²) in [5.74, 6) is 2.39. The molecule has 1 aliphatic rings. The van der Waals surface area contributed by atoms with E-state index in [2.05, 4.69) is 25.2 Å². The fourth-order valence-corrected chi connectivity index (χ4v) is 3.30. The summed E-state index contributed by atoms with van der Waals surface area (Å²) in [5.41, 5.74) is 1.10. The van der Waals surface area contributed by atoms with Crippen molar-refractivity contribution >= 4 is 17.3 Å². The van der Waals surface area contributed by atoms with E-state index in [0.717, 1.165) is 23.3 Å². The molecule has 0 aromatic heterocycles. The third kappa shape index (κ3) is 4.05. The molecule has 2 unspecified atom stereocenters. The molecule has 1 saturated carbocycles. The van der Waals surface area contributed by atoms with Crippen LogP contribution < -0.4 is 10.1 Å². The number of hydrogen-bond donors (Lipinski definition) is 1. The maximum Gasteiger partial charge on any atom is 0.138 e. The highest BCUT2D eigenvalue weighted by molar-refractivity contribution is 6.32. The van der Waals surface area contributed by atoms with Crippen LogP contribution in [0.1, 0.15) is 46.5 Å². The minimum atomic E-state index is 0.574. The molecular weight excluding hydrogens is 270 g/mol. The van der Waals surface area contributed by atoms with Gasteiger partial charge in [-0.3, -0.25) is 0 Å². The van der Waals surface area contributed by atoms with Gasteiger partial charge in [-0.2, -0.15) is 0 Å². The molecule has 1 aliphatic carbocycles. The van der Waals surface area contributed by atoms with Gasteiger partial charge in [0.15, 0.2) is 0 Å². The minimum absolute atomic E-state index is 0.574. The van der Waals surface area contributed by atoms with E-state index in [9.17, 15) is 0 Å². The summed E-state index contributed by atoms with van der Waals surface area (Å²) in [6.07, 6.45) is 5.22. The Morgan fingerprint density at radius 2 is 2.15 bits per heavy atom. The first-order valence-electron chi connectivity index (χ1n) is 7.79. The summed E-state index contributed by atoms with van der Waals surface area (Å²) in [6, 6.07) is 6.57. The van der Waals surface area contributed by atoms with Crippen molar-refractivity contribution in [2.24, 2.45) is 11.8 Å². The zero-order valence-corrected chi connectivity index (χ0v) is 13.5. The zero-order chi connectivity index (χ0) is 14.5. The molecule has 2 nitrogen and oxygen atoms in total. The quantitative estimate of drug-likeness (QED) is 0.789. The molecule has 3 heteroatoms. The van der Waals surface area contributed by atoms with Gasteiger partial charge in [-0.05, 0) is 49.8 Å². The van der Waals surface area contributed by atoms with E-state index >= 15 is 0 Å². The number of anilines is 1. The van der Waals surface area contributed by atoms with Crippen LogP contribution in [0.5, 0.6) is 5.75 Å². The largest absolute Gasteiger partial charge is 0.492 e. The highest BCUT2D eigenvalue weighted by atomic mass is 35.5. The lowest BCUT2D eigenvalue weighted by atomic mass is 9.79. The lowest BCUT2D eigenvalue weighted by Gasteiger charge is -2.32. The van der Waals surface area contributed by atoms with E-state index < -0.39 is 0 Å². The smallest absolute Gasteiger partial charge is 0.138 e. The van der Waals surface area contributed by atoms with Crippen molar-refractivity contribution in [1.82, 2.24) is 0 Å². The Kier molecular flexibility index (Phi) is 5.59. The molecular formula is C17H26ClNO. The van der Waals surface area contributed by atoms with Gasteiger partial charge in [0.05, 0.1) is 11.6 Å². The van der Waals surface area contributed by atoms with Crippen LogP contribution in [-0.4, -0.2) is 12.6 Å². The minimum Gasteiger partial charge on any atom is -0.492 e. The number of halogens is 1. The maximum atomic E-state index is 6.24. The first-order chi connectivity index (χ1) is 9.60. The van der Waals surface area contributed by atoms with Crippen LogP contribution in [0.2, 0.25) is 5.02 Å². The highest BCUT2D eigenvalue weighted by Gasteiger charge is 2.24. The molecule has 0 spiro atoms. The fraction of sp³-hybridized carbons (Fsp3) is 0.647. The number of nitrogens with one attached hydrogen (secondary N) is 1. The topological polar surface area (TPSA) is 21.3 Å². The van der Waals surface area contributed by atoms with Crippen LogP contribution >= 0.6 is 11.6 Å². The van der Waals surface area contributed by atoms with Crippen molar-refractivity contribution in [3.63, 3.8) is 0 Å². The molecule has 0 saturated heterocycles. The number of hydrogen-bond acceptors (Lipinski definition) is 2. The zero-order valence-electron chi connectivity index (χ0n) is 12.8. The summed E-state index contributed by atoms with van der Waals surface area (Å²) in [5, 5.41) is 4.32. The third-order valence-corrected chi connectivity index (χ3v) is 4.56. The molecule has 20 heavy (non-hydrogen) atoms. The Hall–Kier alpha value is -0.890. The van der Waals surface area contributed by atoms with Crippen molar-refractivity contribution in [3.8, 4) is 5.75 Å². The van der Waals surface area contributed by atoms with Crippen LogP contribution in [-0.2, 0) is 0 Å². The Labute approximate surface area is 127 Å². The van der Waals surface area contributed by atoms with E-state index in [1.807, 2.05) is 19.1 Å². The van der Waals surface area contributed by atoms with Crippen molar-refractivity contribution in [3.05, 3.63) is 23.2 Å². The van der Waals surface area contributed by atoms with Gasteiger partial charge in [-0.15, -0.1) is 0 Å². The monoisotopic (exact) mass is 295 g/mol. The number of benzene rings is 1. The molecule has 1 fully saturated rings. The van der Waals surface area contributed by atoms with Crippen molar-refractivity contribution in [2.75, 3.05) is 11.9 Å². The second-order valence-electron chi connectivity index (χ2n) is 6.09. The van der Waals surface area contributed by atoms with Gasteiger partial charge in [-0.25, -0.2) is 0 Å². The first kappa shape index (κ1) is 15.5. The maximum absolute atomic E-state index is 6.24. The number of rotatable bonds is 5. The summed E-state index contributed by atoms with van der Waals surface area (Å²) >= 11 is 6.24. The summed E-state index contributed by atoms with van der Waals surface area (Å²) in [6.45, 7) is 7.28. The Morgan fingerprint density at radius 1 is 1.35 bits per heavy atom. The lowest BCUT2D eigenvalue weighted by Crippen LogP contribution is -2.29. The van der Waals surface area contributed by atoms with Gasteiger partial charge in [0, 0.05) is 11.7 Å². The van der Waals surface area contributed by atoms with Gasteiger partial charge < -0.3 is 10.1 Å². The standard InChI is InChI=1S/C17H26ClNO/c1-4-20-17-9-8-15(11-16(17)18)19-14-7-5-6-13(10-14)12(2)3/h8-9,11-14,19H,4-7,10H2,1-3H3. The Morgan fingerprint density at radius 3 is 2.80 bits per heavy atom. The van der Waals surface area contributed by atoms with Crippen LogP contribution in [0.15, 0.2) is 18.2 Å². The molecule has 2 atom stereocenters. The van der Waals surface area contributed by atoms with E-state index in [0.29, 0.717) is 17.7 Å². The normalized spacial score (nSPS) is 22.9. The molecule has 0 bridgehead atoms. The number of ether oxygens (including phenoxy) is 1. The predicted octanol–water partition coefficient (Wildman–Crippen LogP) is 5.37. The van der Waals surface area contributed by atoms with Crippen molar-refractivity contribution < 1.29 is 4.74 Å². The molecule has 1 aromatic carbocycles. The van der Waals surface area contributed by atoms with Crippen LogP contribution in [0.3, 0.4) is 0 Å². The van der Waals surface area contributed by atoms with E-state index in [4.69, 9.17) is 16.3 Å². The van der Waals surface area contributed by atoms with Gasteiger partial charge in [0.1, 0.15) is 5.75 Å². The summed E-state index contributed by atoms with van der Waals surface area (Å²) in [7, 11) is 0. The summed E-state index contributed by atoms with van der Waals surface area (Å²) in [4.78, 5) is 0. The molecule has 112 valence electrons. The second-order valence-corrected chi connectivity index (χ2v) is 6.50. The first-order valence-corrected chi connectivity index (χ1v) is 8.16. The molecule has 1 N–H and O–H groups in total. The van der Waals surface area contributed by atoms with E-state index in [1.165, 1.54) is 25.7 Å². The fourth-order valence-electron chi connectivity index (χ4n) is 3.06. The average Bonchev–Trinajstić information content (AvgIpc) is 2.42. The second kappa shape index (κ2) is 7.21. The average molecular weight is 296 g/mol. The van der Waals surface area contributed by atoms with Gasteiger partial charge in [0.2, 0.25) is 0 Å². The van der Waals surface area contributed by atoms with Crippen molar-refractivity contribution in [2.45, 2.75) is 52.5 Å². The van der Waals surface area contributed by atoms with Gasteiger partial charge in [0.25, 0.3) is 0 Å². The molecule has 0 aliphatic heterocycles. The summed E-state index contributed by atoms with van der Waals surface area (Å²) < 4.78 is 5.47. The van der Waals surface area contributed by atoms with E-state index in [-0.39, 0.29) is 0 Å². The molecule has 0 amide bonds. The van der Waals surface area contributed by atoms with Crippen LogP contribution in [0, 0.1) is 11.8 Å². The van der Waals surface area contributed by atoms with Gasteiger partial charge in [-0.1, -0.05) is 38.3 Å². The molecule has 1 aromatic rings. The molecule has 2 rings (SSSR count). The van der Waals surface area contributed by atoms with Crippen molar-refractivity contribution in [1.29, 1.82) is 0 Å². The highest BCUT2D eigenvalue weighted by Crippen LogP contribution is 2.33. The SMILES string of the molecule is CCOc1ccc(NC2CCCC(C(C)C)C2)cc1Cl. The molecule has 0 radical (unpaired) electrons. The third-order valence-electron chi connectivity index (χ3n) is 4.26. The van der Waals surface area contributed by atoms with Gasteiger partial charge >= 0.3 is 0 Å². The van der Waals surface area contributed by atoms with Crippen LogP contribution in [0.4, 0.5) is 5.69 Å². The Bertz CT molecular complexity index is 433.